The number of hydrogen-bond donors (Lipinski definition) is 0. The molecule has 0 saturated heterocycles. The summed E-state index contributed by atoms with van der Waals surface area (Å²) in [4.78, 5) is 28.7. The number of nitrogens with zero attached hydrogens (tertiary/aromatic N) is 3. The number of carbonyl (C=O) groups excluding carboxylic acids is 1. The van der Waals surface area contributed by atoms with Crippen LogP contribution in [0.1, 0.15) is 5.56 Å². The first kappa shape index (κ1) is 17.6. The molecule has 0 bridgehead atoms. The number of non-ortho nitro benzene ring substituents is 1. The second kappa shape index (κ2) is 7.32. The molecule has 0 aliphatic heterocycles. The lowest BCUT2D eigenvalue weighted by Gasteiger charge is -2.04. The van der Waals surface area contributed by atoms with Gasteiger partial charge < -0.3 is 9.64 Å². The predicted octanol–water partition coefficient (Wildman–Crippen LogP) is 3.89. The number of rotatable bonds is 5. The SMILES string of the molecule is CN(C)c1nc2ccc(OC(=O)/C=C/c3cccc([N+](=O)[O-])c3)cc2s1. The van der Waals surface area contributed by atoms with Gasteiger partial charge >= 0.3 is 5.97 Å². The van der Waals surface area contributed by atoms with Crippen molar-refractivity contribution in [1.29, 1.82) is 0 Å². The lowest BCUT2D eigenvalue weighted by molar-refractivity contribution is -0.384. The average molecular weight is 369 g/mol. The van der Waals surface area contributed by atoms with E-state index in [1.807, 2.05) is 19.0 Å². The lowest BCUT2D eigenvalue weighted by Crippen LogP contribution is -2.07. The van der Waals surface area contributed by atoms with Crippen LogP contribution in [0.25, 0.3) is 16.3 Å². The molecule has 3 rings (SSSR count). The number of thiazole rings is 1. The smallest absolute Gasteiger partial charge is 0.336 e. The summed E-state index contributed by atoms with van der Waals surface area (Å²) in [6.07, 6.45) is 2.71. The normalized spacial score (nSPS) is 11.0. The highest BCUT2D eigenvalue weighted by Gasteiger charge is 2.08. The fourth-order valence-electron chi connectivity index (χ4n) is 2.20. The molecule has 0 aliphatic carbocycles. The van der Waals surface area contributed by atoms with Crippen LogP contribution in [-0.4, -0.2) is 30.0 Å². The Labute approximate surface area is 153 Å². The molecule has 3 aromatic rings. The lowest BCUT2D eigenvalue weighted by atomic mass is 10.2. The summed E-state index contributed by atoms with van der Waals surface area (Å²) >= 11 is 1.50. The molecular formula is C18H15N3O4S. The van der Waals surface area contributed by atoms with Crippen molar-refractivity contribution in [3.05, 3.63) is 64.2 Å². The van der Waals surface area contributed by atoms with E-state index >= 15 is 0 Å². The molecule has 0 N–H and O–H groups in total. The standard InChI is InChI=1S/C18H15N3O4S/c1-20(2)18-19-15-8-7-14(11-16(15)26-18)25-17(22)9-6-12-4-3-5-13(10-12)21(23)24/h3-11H,1-2H3/b9-6+. The Morgan fingerprint density at radius 3 is 2.81 bits per heavy atom. The van der Waals surface area contributed by atoms with Crippen LogP contribution in [0.15, 0.2) is 48.5 Å². The van der Waals surface area contributed by atoms with E-state index in [-0.39, 0.29) is 5.69 Å². The van der Waals surface area contributed by atoms with Crippen molar-refractivity contribution in [1.82, 2.24) is 4.98 Å². The second-order valence-corrected chi connectivity index (χ2v) is 6.64. The maximum Gasteiger partial charge on any atom is 0.336 e. The third-order valence-electron chi connectivity index (χ3n) is 3.44. The zero-order chi connectivity index (χ0) is 18.7. The summed E-state index contributed by atoms with van der Waals surface area (Å²) in [6, 6.07) is 11.2. The Hall–Kier alpha value is -3.26. The van der Waals surface area contributed by atoms with E-state index in [0.717, 1.165) is 15.3 Å². The van der Waals surface area contributed by atoms with Gasteiger partial charge in [-0.15, -0.1) is 0 Å². The van der Waals surface area contributed by atoms with Crippen LogP contribution in [0.2, 0.25) is 0 Å². The number of benzene rings is 2. The number of anilines is 1. The summed E-state index contributed by atoms with van der Waals surface area (Å²) in [5.74, 6) is -0.145. The molecule has 132 valence electrons. The van der Waals surface area contributed by atoms with Crippen LogP contribution in [0.3, 0.4) is 0 Å². The molecule has 8 heteroatoms. The van der Waals surface area contributed by atoms with Crippen LogP contribution in [0.5, 0.6) is 5.75 Å². The summed E-state index contributed by atoms with van der Waals surface area (Å²) in [6.45, 7) is 0. The van der Waals surface area contributed by atoms with Gasteiger partial charge in [0.2, 0.25) is 0 Å². The Kier molecular flexibility index (Phi) is 4.94. The minimum Gasteiger partial charge on any atom is -0.423 e. The van der Waals surface area contributed by atoms with Crippen molar-refractivity contribution in [3.63, 3.8) is 0 Å². The van der Waals surface area contributed by atoms with Crippen molar-refractivity contribution < 1.29 is 14.5 Å². The van der Waals surface area contributed by atoms with Crippen LogP contribution in [-0.2, 0) is 4.79 Å². The molecule has 0 spiro atoms. The zero-order valence-electron chi connectivity index (χ0n) is 14.1. The highest BCUT2D eigenvalue weighted by molar-refractivity contribution is 7.22. The Balaban J connectivity index is 1.72. The molecule has 2 aromatic carbocycles. The molecule has 1 heterocycles. The number of carbonyl (C=O) groups is 1. The van der Waals surface area contributed by atoms with Crippen molar-refractivity contribution in [2.24, 2.45) is 0 Å². The minimum atomic E-state index is -0.562. The molecule has 0 atom stereocenters. The summed E-state index contributed by atoms with van der Waals surface area (Å²) in [5, 5.41) is 11.6. The van der Waals surface area contributed by atoms with Gasteiger partial charge in [-0.25, -0.2) is 9.78 Å². The fourth-order valence-corrected chi connectivity index (χ4v) is 3.12. The molecule has 26 heavy (non-hydrogen) atoms. The van der Waals surface area contributed by atoms with Crippen LogP contribution < -0.4 is 9.64 Å². The van der Waals surface area contributed by atoms with Gasteiger partial charge in [0.25, 0.3) is 5.69 Å². The van der Waals surface area contributed by atoms with Crippen molar-refractivity contribution in [2.75, 3.05) is 19.0 Å². The van der Waals surface area contributed by atoms with Gasteiger partial charge in [0, 0.05) is 38.4 Å². The van der Waals surface area contributed by atoms with E-state index in [1.165, 1.54) is 35.6 Å². The highest BCUT2D eigenvalue weighted by atomic mass is 32.1. The number of aromatic nitrogens is 1. The zero-order valence-corrected chi connectivity index (χ0v) is 14.9. The minimum absolute atomic E-state index is 0.0344. The Bertz CT molecular complexity index is 1010. The topological polar surface area (TPSA) is 85.6 Å². The number of hydrogen-bond acceptors (Lipinski definition) is 7. The van der Waals surface area contributed by atoms with Crippen LogP contribution in [0.4, 0.5) is 10.8 Å². The molecule has 0 aliphatic rings. The van der Waals surface area contributed by atoms with Gasteiger partial charge in [0.15, 0.2) is 5.13 Å². The van der Waals surface area contributed by atoms with Crippen molar-refractivity contribution in [2.45, 2.75) is 0 Å². The monoisotopic (exact) mass is 369 g/mol. The second-order valence-electron chi connectivity index (χ2n) is 5.63. The van der Waals surface area contributed by atoms with E-state index < -0.39 is 10.9 Å². The van der Waals surface area contributed by atoms with Gasteiger partial charge in [-0.2, -0.15) is 0 Å². The predicted molar refractivity (Wildman–Crippen MR) is 102 cm³/mol. The maximum absolute atomic E-state index is 12.0. The summed E-state index contributed by atoms with van der Waals surface area (Å²) < 4.78 is 6.22. The molecule has 1 aromatic heterocycles. The molecule has 0 radical (unpaired) electrons. The fraction of sp³-hybridized carbons (Fsp3) is 0.111. The van der Waals surface area contributed by atoms with E-state index in [0.29, 0.717) is 11.3 Å². The number of nitro groups is 1. The highest BCUT2D eigenvalue weighted by Crippen LogP contribution is 2.30. The third-order valence-corrected chi connectivity index (χ3v) is 4.63. The van der Waals surface area contributed by atoms with Crippen LogP contribution >= 0.6 is 11.3 Å². The van der Waals surface area contributed by atoms with E-state index in [1.54, 1.807) is 30.3 Å². The summed E-state index contributed by atoms with van der Waals surface area (Å²) in [7, 11) is 3.83. The van der Waals surface area contributed by atoms with Crippen molar-refractivity contribution in [3.8, 4) is 5.75 Å². The van der Waals surface area contributed by atoms with E-state index in [9.17, 15) is 14.9 Å². The van der Waals surface area contributed by atoms with Gasteiger partial charge in [-0.1, -0.05) is 23.5 Å². The Morgan fingerprint density at radius 2 is 2.08 bits per heavy atom. The molecule has 7 nitrogen and oxygen atoms in total. The molecule has 0 saturated carbocycles. The van der Waals surface area contributed by atoms with Gasteiger partial charge in [0.1, 0.15) is 5.75 Å². The molecular weight excluding hydrogens is 354 g/mol. The Morgan fingerprint density at radius 1 is 1.27 bits per heavy atom. The first-order valence-electron chi connectivity index (χ1n) is 7.64. The average Bonchev–Trinajstić information content (AvgIpc) is 3.04. The number of esters is 1. The molecule has 0 fully saturated rings. The third kappa shape index (κ3) is 4.04. The number of ether oxygens (including phenoxy) is 1. The number of fused-ring (bicyclic) bond motifs is 1. The molecule has 0 amide bonds. The maximum atomic E-state index is 12.0. The van der Waals surface area contributed by atoms with E-state index in [2.05, 4.69) is 4.98 Å². The molecule has 0 unspecified atom stereocenters. The first-order valence-corrected chi connectivity index (χ1v) is 8.46. The van der Waals surface area contributed by atoms with Crippen LogP contribution in [0, 0.1) is 10.1 Å². The van der Waals surface area contributed by atoms with Gasteiger partial charge in [-0.3, -0.25) is 10.1 Å². The van der Waals surface area contributed by atoms with Crippen molar-refractivity contribution >= 4 is 44.4 Å². The summed E-state index contributed by atoms with van der Waals surface area (Å²) in [5.41, 5.74) is 1.35. The first-order chi connectivity index (χ1) is 12.4. The van der Waals surface area contributed by atoms with Gasteiger partial charge in [0.05, 0.1) is 15.1 Å². The van der Waals surface area contributed by atoms with E-state index in [4.69, 9.17) is 4.74 Å². The quantitative estimate of drug-likeness (QED) is 0.223. The number of nitro benzene ring substituents is 1. The van der Waals surface area contributed by atoms with Gasteiger partial charge in [-0.05, 0) is 23.8 Å². The largest absolute Gasteiger partial charge is 0.423 e.